The van der Waals surface area contributed by atoms with Gasteiger partial charge in [-0.15, -0.1) is 0 Å². The molecule has 1 N–H and O–H groups in total. The molecule has 0 aromatic heterocycles. The van der Waals surface area contributed by atoms with Crippen LogP contribution in [0, 0.1) is 10.8 Å². The maximum absolute atomic E-state index is 12.1. The number of carbonyl (C=O) groups is 2. The Balaban J connectivity index is 2.79. The molecule has 0 bridgehead atoms. The van der Waals surface area contributed by atoms with E-state index in [4.69, 9.17) is 0 Å². The second-order valence-electron chi connectivity index (χ2n) is 7.12. The van der Waals surface area contributed by atoms with Gasteiger partial charge in [-0.05, 0) is 17.9 Å². The smallest absolute Gasteiger partial charge is 0.229 e. The Kier molecular flexibility index (Phi) is 4.21. The molecule has 0 aliphatic carbocycles. The maximum Gasteiger partial charge on any atom is 0.229 e. The normalized spacial score (nSPS) is 22.2. The number of piperidine rings is 1. The van der Waals surface area contributed by atoms with Crippen molar-refractivity contribution in [2.45, 2.75) is 53.5 Å². The van der Waals surface area contributed by atoms with E-state index in [9.17, 15) is 9.59 Å². The molecular weight excluding hydrogens is 228 g/mol. The van der Waals surface area contributed by atoms with Crippen LogP contribution in [0.25, 0.3) is 0 Å². The molecule has 1 atom stereocenters. The molecule has 2 amide bonds. The van der Waals surface area contributed by atoms with E-state index in [2.05, 4.69) is 26.1 Å². The van der Waals surface area contributed by atoms with Crippen LogP contribution in [0.1, 0.15) is 47.5 Å². The summed E-state index contributed by atoms with van der Waals surface area (Å²) in [5, 5.41) is 3.21. The Bertz CT molecular complexity index is 322. The lowest BCUT2D eigenvalue weighted by atomic mass is 9.80. The van der Waals surface area contributed by atoms with E-state index in [1.807, 2.05) is 20.9 Å². The van der Waals surface area contributed by atoms with Crippen molar-refractivity contribution in [3.8, 4) is 0 Å². The van der Waals surface area contributed by atoms with Crippen LogP contribution in [0.3, 0.4) is 0 Å². The van der Waals surface area contributed by atoms with Gasteiger partial charge in [0.1, 0.15) is 0 Å². The molecule has 4 nitrogen and oxygen atoms in total. The number of imide groups is 1. The van der Waals surface area contributed by atoms with Crippen molar-refractivity contribution in [2.24, 2.45) is 10.8 Å². The zero-order valence-corrected chi connectivity index (χ0v) is 12.5. The number of likely N-dealkylation sites (tertiary alicyclic amines) is 1. The molecule has 1 rings (SSSR count). The second-order valence-corrected chi connectivity index (χ2v) is 7.12. The highest BCUT2D eigenvalue weighted by Gasteiger charge is 2.39. The van der Waals surface area contributed by atoms with Crippen LogP contribution in [-0.2, 0) is 9.59 Å². The van der Waals surface area contributed by atoms with Crippen molar-refractivity contribution < 1.29 is 9.59 Å². The van der Waals surface area contributed by atoms with Crippen LogP contribution >= 0.6 is 0 Å². The Morgan fingerprint density at radius 1 is 1.22 bits per heavy atom. The van der Waals surface area contributed by atoms with Crippen molar-refractivity contribution in [3.05, 3.63) is 0 Å². The van der Waals surface area contributed by atoms with Crippen molar-refractivity contribution in [2.75, 3.05) is 13.6 Å². The third-order valence-electron chi connectivity index (χ3n) is 3.62. The Morgan fingerprint density at radius 3 is 2.00 bits per heavy atom. The molecule has 0 aromatic carbocycles. The fraction of sp³-hybridized carbons (Fsp3) is 0.857. The summed E-state index contributed by atoms with van der Waals surface area (Å²) in [5.74, 6) is -0.0819. The number of hydrogen-bond acceptors (Lipinski definition) is 3. The average molecular weight is 254 g/mol. The molecule has 0 saturated carbocycles. The summed E-state index contributed by atoms with van der Waals surface area (Å²) in [5.41, 5.74) is -0.177. The monoisotopic (exact) mass is 254 g/mol. The summed E-state index contributed by atoms with van der Waals surface area (Å²) < 4.78 is 0. The van der Waals surface area contributed by atoms with E-state index in [1.165, 1.54) is 4.90 Å². The quantitative estimate of drug-likeness (QED) is 0.781. The minimum absolute atomic E-state index is 0.0161. The predicted molar refractivity (Wildman–Crippen MR) is 72.0 cm³/mol. The van der Waals surface area contributed by atoms with Crippen LogP contribution in [0.2, 0.25) is 0 Å². The molecule has 104 valence electrons. The summed E-state index contributed by atoms with van der Waals surface area (Å²) in [4.78, 5) is 25.6. The van der Waals surface area contributed by atoms with E-state index in [0.29, 0.717) is 19.4 Å². The zero-order valence-electron chi connectivity index (χ0n) is 12.5. The average Bonchev–Trinajstić information content (AvgIpc) is 2.12. The minimum Gasteiger partial charge on any atom is -0.315 e. The molecule has 0 spiro atoms. The van der Waals surface area contributed by atoms with Gasteiger partial charge in [0.25, 0.3) is 0 Å². The number of nitrogens with one attached hydrogen (secondary N) is 1. The molecule has 4 heteroatoms. The first-order chi connectivity index (χ1) is 8.07. The first-order valence-electron chi connectivity index (χ1n) is 6.57. The second kappa shape index (κ2) is 5.00. The predicted octanol–water partition coefficient (Wildman–Crippen LogP) is 1.80. The number of amides is 2. The first kappa shape index (κ1) is 15.2. The van der Waals surface area contributed by atoms with Crippen LogP contribution in [0.4, 0.5) is 0 Å². The van der Waals surface area contributed by atoms with E-state index in [-0.39, 0.29) is 28.7 Å². The molecule has 1 aliphatic rings. The summed E-state index contributed by atoms with van der Waals surface area (Å²) in [6.45, 7) is 10.7. The minimum atomic E-state index is -0.193. The maximum atomic E-state index is 12.1. The fourth-order valence-electron chi connectivity index (χ4n) is 2.40. The topological polar surface area (TPSA) is 49.4 Å². The van der Waals surface area contributed by atoms with Crippen molar-refractivity contribution in [1.82, 2.24) is 10.2 Å². The standard InChI is InChI=1S/C14H26N2O2/c1-13(2,3)10(15-6)9-16-11(17)7-14(4,5)8-12(16)18/h10,15H,7-9H2,1-6H3. The van der Waals surface area contributed by atoms with Crippen LogP contribution in [-0.4, -0.2) is 36.3 Å². The molecule has 0 radical (unpaired) electrons. The zero-order chi connectivity index (χ0) is 14.1. The van der Waals surface area contributed by atoms with Crippen molar-refractivity contribution >= 4 is 11.8 Å². The molecule has 0 aromatic rings. The van der Waals surface area contributed by atoms with Crippen molar-refractivity contribution in [3.63, 3.8) is 0 Å². The van der Waals surface area contributed by atoms with Gasteiger partial charge in [-0.1, -0.05) is 34.6 Å². The van der Waals surface area contributed by atoms with Gasteiger partial charge in [-0.2, -0.15) is 0 Å². The molecule has 1 heterocycles. The SMILES string of the molecule is CNC(CN1C(=O)CC(C)(C)CC1=O)C(C)(C)C. The van der Waals surface area contributed by atoms with Gasteiger partial charge in [-0.25, -0.2) is 0 Å². The van der Waals surface area contributed by atoms with Crippen LogP contribution in [0.5, 0.6) is 0 Å². The Labute approximate surface area is 110 Å². The highest BCUT2D eigenvalue weighted by atomic mass is 16.2. The summed E-state index contributed by atoms with van der Waals surface area (Å²) in [6.07, 6.45) is 0.915. The Hall–Kier alpha value is -0.900. The fourth-order valence-corrected chi connectivity index (χ4v) is 2.40. The number of hydrogen-bond donors (Lipinski definition) is 1. The number of likely N-dealkylation sites (N-methyl/N-ethyl adjacent to an activating group) is 1. The lowest BCUT2D eigenvalue weighted by Gasteiger charge is -2.39. The molecule has 1 saturated heterocycles. The Morgan fingerprint density at radius 2 is 1.67 bits per heavy atom. The van der Waals surface area contributed by atoms with Gasteiger partial charge >= 0.3 is 0 Å². The lowest BCUT2D eigenvalue weighted by molar-refractivity contribution is -0.153. The molecule has 1 aliphatic heterocycles. The van der Waals surface area contributed by atoms with Gasteiger partial charge in [0, 0.05) is 25.4 Å². The highest BCUT2D eigenvalue weighted by Crippen LogP contribution is 2.32. The van der Waals surface area contributed by atoms with Gasteiger partial charge < -0.3 is 5.32 Å². The largest absolute Gasteiger partial charge is 0.315 e. The molecular formula is C14H26N2O2. The summed E-state index contributed by atoms with van der Waals surface area (Å²) >= 11 is 0. The lowest BCUT2D eigenvalue weighted by Crippen LogP contribution is -2.54. The number of carbonyl (C=O) groups excluding carboxylic acids is 2. The van der Waals surface area contributed by atoms with E-state index in [1.54, 1.807) is 0 Å². The third-order valence-corrected chi connectivity index (χ3v) is 3.62. The van der Waals surface area contributed by atoms with Gasteiger partial charge in [0.05, 0.1) is 0 Å². The summed E-state index contributed by atoms with van der Waals surface area (Å²) in [7, 11) is 1.87. The number of nitrogens with zero attached hydrogens (tertiary/aromatic N) is 1. The summed E-state index contributed by atoms with van der Waals surface area (Å²) in [6, 6.07) is 0.117. The van der Waals surface area contributed by atoms with Crippen molar-refractivity contribution in [1.29, 1.82) is 0 Å². The van der Waals surface area contributed by atoms with Crippen LogP contribution < -0.4 is 5.32 Å². The molecule has 1 unspecified atom stereocenters. The van der Waals surface area contributed by atoms with E-state index >= 15 is 0 Å². The number of rotatable bonds is 3. The van der Waals surface area contributed by atoms with Gasteiger partial charge in [0.15, 0.2) is 0 Å². The van der Waals surface area contributed by atoms with Gasteiger partial charge in [-0.3, -0.25) is 14.5 Å². The van der Waals surface area contributed by atoms with E-state index in [0.717, 1.165) is 0 Å². The third kappa shape index (κ3) is 3.55. The molecule has 1 fully saturated rings. The van der Waals surface area contributed by atoms with E-state index < -0.39 is 0 Å². The van der Waals surface area contributed by atoms with Gasteiger partial charge in [0.2, 0.25) is 11.8 Å². The highest BCUT2D eigenvalue weighted by molar-refractivity contribution is 5.98. The van der Waals surface area contributed by atoms with Crippen LogP contribution in [0.15, 0.2) is 0 Å². The first-order valence-corrected chi connectivity index (χ1v) is 6.57. The molecule has 18 heavy (non-hydrogen) atoms.